The van der Waals surface area contributed by atoms with Crippen LogP contribution in [0.5, 0.6) is 0 Å². The Morgan fingerprint density at radius 3 is 2.76 bits per heavy atom. The predicted molar refractivity (Wildman–Crippen MR) is 70.8 cm³/mol. The Kier molecular flexibility index (Phi) is 8.09. The van der Waals surface area contributed by atoms with Crippen molar-refractivity contribution < 1.29 is 9.53 Å². The van der Waals surface area contributed by atoms with Crippen molar-refractivity contribution in [3.8, 4) is 0 Å². The highest BCUT2D eigenvalue weighted by molar-refractivity contribution is 5.91. The number of aromatic nitrogens is 1. The Labute approximate surface area is 107 Å². The summed E-state index contributed by atoms with van der Waals surface area (Å²) < 4.78 is 5.12. The van der Waals surface area contributed by atoms with Crippen molar-refractivity contribution in [2.24, 2.45) is 0 Å². The summed E-state index contributed by atoms with van der Waals surface area (Å²) in [5, 5.41) is 5.60. The molecule has 0 fully saturated rings. The maximum atomic E-state index is 11.4. The van der Waals surface area contributed by atoms with Crippen LogP contribution in [-0.2, 0) is 9.53 Å². The number of halogens is 1. The Hall–Kier alpha value is -1.33. The summed E-state index contributed by atoms with van der Waals surface area (Å²) in [7, 11) is 1.79. The number of nitrogens with zero attached hydrogens (tertiary/aromatic N) is 1. The molecule has 2 N–H and O–H groups in total. The molecule has 0 radical (unpaired) electrons. The third-order valence-electron chi connectivity index (χ3n) is 1.88. The van der Waals surface area contributed by atoms with E-state index in [1.165, 1.54) is 0 Å². The van der Waals surface area contributed by atoms with Gasteiger partial charge in [0.15, 0.2) is 0 Å². The van der Waals surface area contributed by atoms with E-state index in [9.17, 15) is 4.79 Å². The van der Waals surface area contributed by atoms with Crippen LogP contribution in [0.15, 0.2) is 18.3 Å². The maximum Gasteiger partial charge on any atom is 0.250 e. The molecule has 1 rings (SSSR count). The second-order valence-electron chi connectivity index (χ2n) is 3.28. The van der Waals surface area contributed by atoms with E-state index in [0.29, 0.717) is 12.3 Å². The lowest BCUT2D eigenvalue weighted by atomic mass is 10.4. The number of ether oxygens (including phenoxy) is 1. The molecule has 96 valence electrons. The van der Waals surface area contributed by atoms with Gasteiger partial charge in [-0.15, -0.1) is 12.4 Å². The summed E-state index contributed by atoms with van der Waals surface area (Å²) >= 11 is 0. The van der Waals surface area contributed by atoms with Crippen LogP contribution in [0.1, 0.15) is 13.3 Å². The summed E-state index contributed by atoms with van der Waals surface area (Å²) in [5.74, 6) is 0.604. The van der Waals surface area contributed by atoms with E-state index in [1.54, 1.807) is 25.4 Å². The van der Waals surface area contributed by atoms with E-state index >= 15 is 0 Å². The van der Waals surface area contributed by atoms with Gasteiger partial charge in [-0.05, 0) is 18.6 Å². The van der Waals surface area contributed by atoms with Gasteiger partial charge >= 0.3 is 0 Å². The number of anilines is 2. The monoisotopic (exact) mass is 259 g/mol. The first kappa shape index (κ1) is 15.7. The van der Waals surface area contributed by atoms with Crippen molar-refractivity contribution in [2.75, 3.05) is 30.9 Å². The van der Waals surface area contributed by atoms with Crippen molar-refractivity contribution >= 4 is 29.8 Å². The highest BCUT2D eigenvalue weighted by Crippen LogP contribution is 2.08. The number of carbonyl (C=O) groups excluding carboxylic acids is 1. The molecule has 0 saturated carbocycles. The lowest BCUT2D eigenvalue weighted by molar-refractivity contribution is -0.120. The molecule has 6 heteroatoms. The average molecular weight is 260 g/mol. The maximum absolute atomic E-state index is 11.4. The molecule has 5 nitrogen and oxygen atoms in total. The van der Waals surface area contributed by atoms with Crippen molar-refractivity contribution in [1.82, 2.24) is 4.98 Å². The SMILES string of the molecule is CCCOCC(=O)Nc1ccc(NC)nc1.Cl. The molecule has 0 bridgehead atoms. The Balaban J connectivity index is 0.00000256. The first-order valence-electron chi connectivity index (χ1n) is 5.27. The zero-order valence-electron chi connectivity index (χ0n) is 10.0. The Morgan fingerprint density at radius 2 is 2.24 bits per heavy atom. The van der Waals surface area contributed by atoms with Gasteiger partial charge in [-0.2, -0.15) is 0 Å². The summed E-state index contributed by atoms with van der Waals surface area (Å²) in [6.45, 7) is 2.68. The molecule has 0 aliphatic rings. The van der Waals surface area contributed by atoms with Gasteiger partial charge in [0.25, 0.3) is 0 Å². The van der Waals surface area contributed by atoms with Crippen molar-refractivity contribution in [3.05, 3.63) is 18.3 Å². The van der Waals surface area contributed by atoms with Crippen molar-refractivity contribution in [1.29, 1.82) is 0 Å². The highest BCUT2D eigenvalue weighted by Gasteiger charge is 2.02. The first-order valence-corrected chi connectivity index (χ1v) is 5.27. The van der Waals surface area contributed by atoms with Gasteiger partial charge in [-0.25, -0.2) is 4.98 Å². The van der Waals surface area contributed by atoms with Gasteiger partial charge in [0, 0.05) is 13.7 Å². The minimum absolute atomic E-state index is 0. The molecule has 1 heterocycles. The van der Waals surface area contributed by atoms with Crippen LogP contribution in [0, 0.1) is 0 Å². The fourth-order valence-corrected chi connectivity index (χ4v) is 1.12. The topological polar surface area (TPSA) is 63.2 Å². The first-order chi connectivity index (χ1) is 7.76. The number of rotatable bonds is 6. The number of hydrogen-bond donors (Lipinski definition) is 2. The van der Waals surface area contributed by atoms with Crippen LogP contribution in [0.25, 0.3) is 0 Å². The largest absolute Gasteiger partial charge is 0.373 e. The lowest BCUT2D eigenvalue weighted by Crippen LogP contribution is -2.18. The smallest absolute Gasteiger partial charge is 0.250 e. The van der Waals surface area contributed by atoms with E-state index in [-0.39, 0.29) is 24.9 Å². The van der Waals surface area contributed by atoms with E-state index in [1.807, 2.05) is 6.92 Å². The van der Waals surface area contributed by atoms with E-state index in [2.05, 4.69) is 15.6 Å². The van der Waals surface area contributed by atoms with Gasteiger partial charge in [0.2, 0.25) is 5.91 Å². The second kappa shape index (κ2) is 8.78. The third kappa shape index (κ3) is 6.09. The molecule has 0 spiro atoms. The van der Waals surface area contributed by atoms with Crippen molar-refractivity contribution in [2.45, 2.75) is 13.3 Å². The molecule has 1 aromatic rings. The minimum atomic E-state index is -0.160. The van der Waals surface area contributed by atoms with Crippen LogP contribution in [0.2, 0.25) is 0 Å². The van der Waals surface area contributed by atoms with Crippen LogP contribution in [-0.4, -0.2) is 31.2 Å². The van der Waals surface area contributed by atoms with Crippen molar-refractivity contribution in [3.63, 3.8) is 0 Å². The third-order valence-corrected chi connectivity index (χ3v) is 1.88. The standard InChI is InChI=1S/C11H17N3O2.ClH/c1-3-6-16-8-11(15)14-9-4-5-10(12-2)13-7-9;/h4-5,7H,3,6,8H2,1-2H3,(H,12,13)(H,14,15);1H. The van der Waals surface area contributed by atoms with Crippen LogP contribution in [0.4, 0.5) is 11.5 Å². The zero-order valence-corrected chi connectivity index (χ0v) is 10.8. The molecule has 0 saturated heterocycles. The lowest BCUT2D eigenvalue weighted by Gasteiger charge is -2.06. The molecule has 0 aliphatic carbocycles. The van der Waals surface area contributed by atoms with E-state index < -0.39 is 0 Å². The van der Waals surface area contributed by atoms with E-state index in [4.69, 9.17) is 4.74 Å². The number of nitrogens with one attached hydrogen (secondary N) is 2. The van der Waals surface area contributed by atoms with Gasteiger partial charge in [0.05, 0.1) is 11.9 Å². The van der Waals surface area contributed by atoms with Crippen LogP contribution in [0.3, 0.4) is 0 Å². The Morgan fingerprint density at radius 1 is 1.47 bits per heavy atom. The molecule has 1 aromatic heterocycles. The molecule has 1 amide bonds. The average Bonchev–Trinajstić information content (AvgIpc) is 2.30. The number of amides is 1. The second-order valence-corrected chi connectivity index (χ2v) is 3.28. The van der Waals surface area contributed by atoms with Gasteiger partial charge in [-0.1, -0.05) is 6.92 Å². The number of pyridine rings is 1. The summed E-state index contributed by atoms with van der Waals surface area (Å²) in [4.78, 5) is 15.4. The summed E-state index contributed by atoms with van der Waals surface area (Å²) in [6, 6.07) is 3.58. The van der Waals surface area contributed by atoms with Crippen LogP contribution >= 0.6 is 12.4 Å². The zero-order chi connectivity index (χ0) is 11.8. The summed E-state index contributed by atoms with van der Waals surface area (Å²) in [5.41, 5.74) is 0.670. The number of carbonyl (C=O) groups is 1. The fraction of sp³-hybridized carbons (Fsp3) is 0.455. The fourth-order valence-electron chi connectivity index (χ4n) is 1.12. The minimum Gasteiger partial charge on any atom is -0.373 e. The molecule has 0 aliphatic heterocycles. The predicted octanol–water partition coefficient (Wildman–Crippen LogP) is 1.91. The summed E-state index contributed by atoms with van der Waals surface area (Å²) in [6.07, 6.45) is 2.51. The van der Waals surface area contributed by atoms with Gasteiger partial charge in [-0.3, -0.25) is 4.79 Å². The molecule has 0 aromatic carbocycles. The quantitative estimate of drug-likeness (QED) is 0.766. The van der Waals surface area contributed by atoms with Gasteiger partial charge < -0.3 is 15.4 Å². The normalized spacial score (nSPS) is 9.29. The Bertz CT molecular complexity index is 330. The number of hydrogen-bond acceptors (Lipinski definition) is 4. The van der Waals surface area contributed by atoms with Gasteiger partial charge in [0.1, 0.15) is 12.4 Å². The molecule has 0 atom stereocenters. The molecule has 17 heavy (non-hydrogen) atoms. The molecule has 0 unspecified atom stereocenters. The van der Waals surface area contributed by atoms with Crippen LogP contribution < -0.4 is 10.6 Å². The highest BCUT2D eigenvalue weighted by atomic mass is 35.5. The van der Waals surface area contributed by atoms with E-state index in [0.717, 1.165) is 12.2 Å². The molecular formula is C11H18ClN3O2. The molecular weight excluding hydrogens is 242 g/mol.